The lowest BCUT2D eigenvalue weighted by Crippen LogP contribution is -2.39. The Kier molecular flexibility index (Phi) is 7.23. The van der Waals surface area contributed by atoms with Crippen LogP contribution in [0, 0.1) is 0 Å². The number of benzene rings is 3. The van der Waals surface area contributed by atoms with Crippen molar-refractivity contribution in [1.29, 1.82) is 0 Å². The highest BCUT2D eigenvalue weighted by Gasteiger charge is 2.24. The molecule has 182 valence electrons. The minimum absolute atomic E-state index is 0.109. The second-order valence-corrected chi connectivity index (χ2v) is 10.8. The molecule has 0 aliphatic heterocycles. The summed E-state index contributed by atoms with van der Waals surface area (Å²) in [6, 6.07) is 24.4. The number of aromatic nitrogens is 1. The summed E-state index contributed by atoms with van der Waals surface area (Å²) < 4.78 is 26.6. The van der Waals surface area contributed by atoms with Crippen LogP contribution < -0.4 is 10.2 Å². The van der Waals surface area contributed by atoms with Crippen LogP contribution in [-0.4, -0.2) is 57.8 Å². The lowest BCUT2D eigenvalue weighted by atomic mass is 9.90. The van der Waals surface area contributed by atoms with Crippen LogP contribution in [0.4, 0.5) is 5.69 Å². The van der Waals surface area contributed by atoms with Crippen LogP contribution in [0.15, 0.2) is 90.0 Å². The maximum Gasteiger partial charge on any atom is 0.243 e. The molecular formula is C27H30N4O3S. The standard InChI is InChI=1S/C27H30N4O3S/c1-30(2)21-15-13-20(14-16-21)24(25-18-28-26-12-8-7-11-23(25)26)17-29-27(32)19-31(3)35(33,34)22-9-5-4-6-10-22/h4-16,18,24,28H,17,19H2,1-3H3,(H,29,32). The van der Waals surface area contributed by atoms with Crippen molar-refractivity contribution in [2.75, 3.05) is 39.1 Å². The van der Waals surface area contributed by atoms with Crippen molar-refractivity contribution in [3.8, 4) is 0 Å². The largest absolute Gasteiger partial charge is 0.378 e. The molecule has 0 fully saturated rings. The van der Waals surface area contributed by atoms with Gasteiger partial charge in [-0.05, 0) is 41.5 Å². The highest BCUT2D eigenvalue weighted by molar-refractivity contribution is 7.89. The van der Waals surface area contributed by atoms with Crippen LogP contribution >= 0.6 is 0 Å². The van der Waals surface area contributed by atoms with Gasteiger partial charge in [-0.15, -0.1) is 0 Å². The van der Waals surface area contributed by atoms with E-state index in [2.05, 4.69) is 40.6 Å². The van der Waals surface area contributed by atoms with E-state index in [4.69, 9.17) is 0 Å². The average Bonchev–Trinajstić information content (AvgIpc) is 3.29. The number of likely N-dealkylation sites (N-methyl/N-ethyl adjacent to an activating group) is 1. The number of hydrogen-bond acceptors (Lipinski definition) is 4. The highest BCUT2D eigenvalue weighted by atomic mass is 32.2. The van der Waals surface area contributed by atoms with Gasteiger partial charge in [-0.25, -0.2) is 8.42 Å². The normalized spacial score (nSPS) is 12.6. The van der Waals surface area contributed by atoms with E-state index in [9.17, 15) is 13.2 Å². The molecule has 1 atom stereocenters. The molecular weight excluding hydrogens is 460 g/mol. The minimum atomic E-state index is -3.75. The number of carbonyl (C=O) groups excluding carboxylic acids is 1. The molecule has 0 radical (unpaired) electrons. The second-order valence-electron chi connectivity index (χ2n) is 8.71. The van der Waals surface area contributed by atoms with Gasteiger partial charge in [0.2, 0.25) is 15.9 Å². The molecule has 0 saturated heterocycles. The Morgan fingerprint density at radius 3 is 2.26 bits per heavy atom. The SMILES string of the molecule is CN(C)c1ccc(C(CNC(=O)CN(C)S(=O)(=O)c2ccccc2)c2c[nH]c3ccccc23)cc1. The molecule has 2 N–H and O–H groups in total. The van der Waals surface area contributed by atoms with Crippen LogP contribution in [0.25, 0.3) is 10.9 Å². The second kappa shape index (κ2) is 10.3. The van der Waals surface area contributed by atoms with Gasteiger partial charge in [0.15, 0.2) is 0 Å². The molecule has 4 aromatic rings. The van der Waals surface area contributed by atoms with E-state index < -0.39 is 10.0 Å². The number of fused-ring (bicyclic) bond motifs is 1. The first-order valence-electron chi connectivity index (χ1n) is 11.4. The topological polar surface area (TPSA) is 85.5 Å². The van der Waals surface area contributed by atoms with E-state index in [-0.39, 0.29) is 23.3 Å². The number of carbonyl (C=O) groups is 1. The summed E-state index contributed by atoms with van der Waals surface area (Å²) in [4.78, 5) is 18.3. The Bertz CT molecular complexity index is 1400. The van der Waals surface area contributed by atoms with E-state index in [0.29, 0.717) is 6.54 Å². The lowest BCUT2D eigenvalue weighted by molar-refractivity contribution is -0.121. The van der Waals surface area contributed by atoms with E-state index >= 15 is 0 Å². The number of hydrogen-bond donors (Lipinski definition) is 2. The Labute approximate surface area is 206 Å². The van der Waals surface area contributed by atoms with Crippen molar-refractivity contribution >= 4 is 32.5 Å². The molecule has 1 amide bonds. The van der Waals surface area contributed by atoms with Gasteiger partial charge in [0.1, 0.15) is 0 Å². The number of amides is 1. The first kappa shape index (κ1) is 24.5. The quantitative estimate of drug-likeness (QED) is 0.374. The van der Waals surface area contributed by atoms with Crippen molar-refractivity contribution in [3.63, 3.8) is 0 Å². The number of aromatic amines is 1. The maximum atomic E-state index is 12.8. The number of rotatable bonds is 9. The molecule has 4 rings (SSSR count). The highest BCUT2D eigenvalue weighted by Crippen LogP contribution is 2.31. The number of nitrogens with zero attached hydrogens (tertiary/aromatic N) is 2. The number of nitrogens with one attached hydrogen (secondary N) is 2. The number of anilines is 1. The number of sulfonamides is 1. The van der Waals surface area contributed by atoms with Crippen LogP contribution in [-0.2, 0) is 14.8 Å². The van der Waals surface area contributed by atoms with Gasteiger partial charge >= 0.3 is 0 Å². The molecule has 3 aromatic carbocycles. The molecule has 8 heteroatoms. The lowest BCUT2D eigenvalue weighted by Gasteiger charge is -2.21. The summed E-state index contributed by atoms with van der Waals surface area (Å²) in [5.74, 6) is -0.468. The Balaban J connectivity index is 1.54. The fraction of sp³-hybridized carbons (Fsp3) is 0.222. The third-order valence-corrected chi connectivity index (χ3v) is 7.95. The molecule has 0 bridgehead atoms. The summed E-state index contributed by atoms with van der Waals surface area (Å²) in [7, 11) is 1.65. The predicted molar refractivity (Wildman–Crippen MR) is 140 cm³/mol. The molecule has 1 unspecified atom stereocenters. The zero-order valence-corrected chi connectivity index (χ0v) is 20.9. The average molecular weight is 491 g/mol. The maximum absolute atomic E-state index is 12.8. The van der Waals surface area contributed by atoms with Gasteiger partial charge in [-0.3, -0.25) is 4.79 Å². The predicted octanol–water partition coefficient (Wildman–Crippen LogP) is 3.80. The van der Waals surface area contributed by atoms with Gasteiger partial charge in [0, 0.05) is 56.4 Å². The van der Waals surface area contributed by atoms with Crippen molar-refractivity contribution in [2.45, 2.75) is 10.8 Å². The summed E-state index contributed by atoms with van der Waals surface area (Å²) in [5.41, 5.74) is 4.25. The summed E-state index contributed by atoms with van der Waals surface area (Å²) in [6.07, 6.45) is 1.98. The molecule has 1 heterocycles. The molecule has 0 spiro atoms. The van der Waals surface area contributed by atoms with Gasteiger partial charge in [-0.2, -0.15) is 4.31 Å². The molecule has 0 saturated carbocycles. The van der Waals surface area contributed by atoms with Gasteiger partial charge in [0.25, 0.3) is 0 Å². The summed E-state index contributed by atoms with van der Waals surface area (Å²) in [5, 5.41) is 4.05. The fourth-order valence-electron chi connectivity index (χ4n) is 4.13. The molecule has 0 aliphatic carbocycles. The van der Waals surface area contributed by atoms with Gasteiger partial charge in [0.05, 0.1) is 11.4 Å². The van der Waals surface area contributed by atoms with E-state index in [1.807, 2.05) is 43.4 Å². The van der Waals surface area contributed by atoms with Gasteiger partial charge in [-0.1, -0.05) is 48.5 Å². The Morgan fingerprint density at radius 2 is 1.57 bits per heavy atom. The van der Waals surface area contributed by atoms with Crippen LogP contribution in [0.1, 0.15) is 17.0 Å². The molecule has 7 nitrogen and oxygen atoms in total. The Morgan fingerprint density at radius 1 is 0.914 bits per heavy atom. The molecule has 1 aromatic heterocycles. The fourth-order valence-corrected chi connectivity index (χ4v) is 5.27. The minimum Gasteiger partial charge on any atom is -0.378 e. The van der Waals surface area contributed by atoms with Crippen molar-refractivity contribution in [3.05, 3.63) is 96.2 Å². The molecule has 35 heavy (non-hydrogen) atoms. The van der Waals surface area contributed by atoms with Crippen molar-refractivity contribution < 1.29 is 13.2 Å². The monoisotopic (exact) mass is 490 g/mol. The van der Waals surface area contributed by atoms with Crippen LogP contribution in [0.2, 0.25) is 0 Å². The third kappa shape index (κ3) is 5.39. The summed E-state index contributed by atoms with van der Waals surface area (Å²) >= 11 is 0. The number of para-hydroxylation sites is 1. The van der Waals surface area contributed by atoms with Crippen molar-refractivity contribution in [2.24, 2.45) is 0 Å². The summed E-state index contributed by atoms with van der Waals surface area (Å²) in [6.45, 7) is 0.0681. The Hall–Kier alpha value is -3.62. The van der Waals surface area contributed by atoms with Crippen LogP contribution in [0.5, 0.6) is 0 Å². The van der Waals surface area contributed by atoms with Gasteiger partial charge < -0.3 is 15.2 Å². The van der Waals surface area contributed by atoms with E-state index in [1.54, 1.807) is 18.2 Å². The zero-order chi connectivity index (χ0) is 25.0. The molecule has 0 aliphatic rings. The van der Waals surface area contributed by atoms with Crippen molar-refractivity contribution in [1.82, 2.24) is 14.6 Å². The van der Waals surface area contributed by atoms with Crippen LogP contribution in [0.3, 0.4) is 0 Å². The smallest absolute Gasteiger partial charge is 0.243 e. The first-order valence-corrected chi connectivity index (χ1v) is 12.8. The van der Waals surface area contributed by atoms with E-state index in [0.717, 1.165) is 32.0 Å². The third-order valence-electron chi connectivity index (χ3n) is 6.13. The number of H-pyrrole nitrogens is 1. The first-order chi connectivity index (χ1) is 16.8. The zero-order valence-electron chi connectivity index (χ0n) is 20.1. The van der Waals surface area contributed by atoms with E-state index in [1.165, 1.54) is 19.2 Å².